The first-order valence-corrected chi connectivity index (χ1v) is 19.2. The van der Waals surface area contributed by atoms with E-state index in [9.17, 15) is 0 Å². The van der Waals surface area contributed by atoms with Gasteiger partial charge in [-0.2, -0.15) is 0 Å². The first-order chi connectivity index (χ1) is 22.3. The molecule has 1 nitrogen and oxygen atoms in total. The van der Waals surface area contributed by atoms with Crippen molar-refractivity contribution in [2.75, 3.05) is 0 Å². The van der Waals surface area contributed by atoms with Gasteiger partial charge in [-0.25, -0.2) is 0 Å². The fraction of sp³-hybridized carbons (Fsp3) is 0.143. The first-order valence-electron chi connectivity index (χ1n) is 16.3. The molecule has 0 aliphatic heterocycles. The molecule has 0 spiro atoms. The molecule has 1 aliphatic carbocycles. The number of thiophene rings is 1. The third-order valence-electron chi connectivity index (χ3n) is 10.5. The number of benzene rings is 6. The molecule has 45 heavy (non-hydrogen) atoms. The van der Waals surface area contributed by atoms with Crippen molar-refractivity contribution < 1.29 is 0 Å². The molecule has 0 radical (unpaired) electrons. The van der Waals surface area contributed by atoms with Gasteiger partial charge in [-0.15, -0.1) is 11.3 Å². The minimum atomic E-state index is -2.54. The van der Waals surface area contributed by atoms with E-state index in [1.807, 2.05) is 11.3 Å². The minimum absolute atomic E-state index is 0.453. The van der Waals surface area contributed by atoms with Crippen molar-refractivity contribution >= 4 is 76.9 Å². The number of aromatic nitrogens is 1. The molecule has 0 N–H and O–H groups in total. The van der Waals surface area contributed by atoms with Crippen LogP contribution < -0.4 is 15.6 Å². The van der Waals surface area contributed by atoms with Gasteiger partial charge in [-0.05, 0) is 52.1 Å². The second-order valence-electron chi connectivity index (χ2n) is 12.7. The zero-order valence-corrected chi connectivity index (χ0v) is 27.1. The summed E-state index contributed by atoms with van der Waals surface area (Å²) in [6.07, 6.45) is 4.90. The van der Waals surface area contributed by atoms with Gasteiger partial charge in [0, 0.05) is 48.0 Å². The van der Waals surface area contributed by atoms with Crippen LogP contribution in [0.25, 0.3) is 42.0 Å². The maximum atomic E-state index is 2.71. The van der Waals surface area contributed by atoms with Crippen LogP contribution in [0.3, 0.4) is 0 Å². The van der Waals surface area contributed by atoms with Crippen LogP contribution in [0.2, 0.25) is 5.54 Å². The summed E-state index contributed by atoms with van der Waals surface area (Å²) in [5.74, 6) is 0. The summed E-state index contributed by atoms with van der Waals surface area (Å²) in [6, 6.07) is 58.1. The van der Waals surface area contributed by atoms with Crippen molar-refractivity contribution in [2.45, 2.75) is 37.3 Å². The Morgan fingerprint density at radius 2 is 1.07 bits per heavy atom. The van der Waals surface area contributed by atoms with E-state index in [-0.39, 0.29) is 0 Å². The zero-order valence-electron chi connectivity index (χ0n) is 25.3. The zero-order chi connectivity index (χ0) is 29.8. The van der Waals surface area contributed by atoms with E-state index in [1.54, 1.807) is 5.19 Å². The molecular weight excluding hydrogens is 579 g/mol. The van der Waals surface area contributed by atoms with E-state index in [4.69, 9.17) is 0 Å². The second kappa shape index (κ2) is 10.9. The number of fused-ring (bicyclic) bond motifs is 6. The molecule has 2 atom stereocenters. The molecule has 3 heteroatoms. The summed E-state index contributed by atoms with van der Waals surface area (Å²) in [4.78, 5) is 0. The van der Waals surface area contributed by atoms with Gasteiger partial charge in [0.2, 0.25) is 0 Å². The van der Waals surface area contributed by atoms with E-state index < -0.39 is 8.07 Å². The molecule has 2 aromatic heterocycles. The van der Waals surface area contributed by atoms with Crippen LogP contribution in [0.1, 0.15) is 31.7 Å². The number of hydrogen-bond acceptors (Lipinski definition) is 1. The minimum Gasteiger partial charge on any atom is -0.337 e. The third kappa shape index (κ3) is 4.11. The van der Waals surface area contributed by atoms with Crippen molar-refractivity contribution in [3.05, 3.63) is 152 Å². The Labute approximate surface area is 269 Å². The van der Waals surface area contributed by atoms with Gasteiger partial charge in [0.05, 0.1) is 0 Å². The van der Waals surface area contributed by atoms with Gasteiger partial charge in [0.1, 0.15) is 0 Å². The number of hydrogen-bond donors (Lipinski definition) is 0. The molecule has 8 aromatic rings. The number of nitrogens with zero attached hydrogens (tertiary/aromatic N) is 1. The van der Waals surface area contributed by atoms with Crippen LogP contribution >= 0.6 is 11.3 Å². The van der Waals surface area contributed by atoms with Crippen LogP contribution in [0, 0.1) is 0 Å². The van der Waals surface area contributed by atoms with Gasteiger partial charge in [0.15, 0.2) is 8.07 Å². The van der Waals surface area contributed by atoms with Crippen LogP contribution in [0.4, 0.5) is 0 Å². The van der Waals surface area contributed by atoms with Gasteiger partial charge >= 0.3 is 0 Å². The van der Waals surface area contributed by atoms with E-state index in [0.29, 0.717) is 11.6 Å². The summed E-state index contributed by atoms with van der Waals surface area (Å²) >= 11 is 2.00. The van der Waals surface area contributed by atoms with Crippen molar-refractivity contribution in [1.29, 1.82) is 0 Å². The lowest BCUT2D eigenvalue weighted by Crippen LogP contribution is -2.70. The predicted molar refractivity (Wildman–Crippen MR) is 198 cm³/mol. The molecule has 9 rings (SSSR count). The molecular formula is C42H35NSSi. The second-order valence-corrected chi connectivity index (χ2v) is 17.9. The van der Waals surface area contributed by atoms with Crippen molar-refractivity contribution in [1.82, 2.24) is 4.57 Å². The fourth-order valence-corrected chi connectivity index (χ4v) is 16.4. The highest BCUT2D eigenvalue weighted by Gasteiger charge is 2.49. The van der Waals surface area contributed by atoms with E-state index in [2.05, 4.69) is 156 Å². The van der Waals surface area contributed by atoms with Gasteiger partial charge < -0.3 is 4.57 Å². The molecule has 1 fully saturated rings. The largest absolute Gasteiger partial charge is 0.337 e. The van der Waals surface area contributed by atoms with Crippen LogP contribution in [-0.4, -0.2) is 12.6 Å². The Bertz CT molecular complexity index is 2210. The summed E-state index contributed by atoms with van der Waals surface area (Å²) in [5, 5.41) is 10.2. The molecule has 0 saturated heterocycles. The highest BCUT2D eigenvalue weighted by molar-refractivity contribution is 7.29. The maximum absolute atomic E-state index is 2.71. The summed E-state index contributed by atoms with van der Waals surface area (Å²) in [6.45, 7) is 0. The van der Waals surface area contributed by atoms with E-state index in [1.165, 1.54) is 78.0 Å². The Kier molecular flexibility index (Phi) is 6.50. The average molecular weight is 614 g/mol. The monoisotopic (exact) mass is 613 g/mol. The predicted octanol–water partition coefficient (Wildman–Crippen LogP) is 9.82. The Morgan fingerprint density at radius 1 is 0.511 bits per heavy atom. The molecule has 2 unspecified atom stereocenters. The van der Waals surface area contributed by atoms with Crippen molar-refractivity contribution in [3.63, 3.8) is 0 Å². The van der Waals surface area contributed by atoms with Crippen molar-refractivity contribution in [2.24, 2.45) is 0 Å². The molecule has 2 heterocycles. The fourth-order valence-electron chi connectivity index (χ4n) is 8.77. The first kappa shape index (κ1) is 26.9. The van der Waals surface area contributed by atoms with Crippen LogP contribution in [0.15, 0.2) is 152 Å². The molecule has 6 aromatic carbocycles. The molecule has 1 saturated carbocycles. The highest BCUT2D eigenvalue weighted by atomic mass is 32.1. The molecule has 0 amide bonds. The van der Waals surface area contributed by atoms with Gasteiger partial charge in [0.25, 0.3) is 0 Å². The summed E-state index contributed by atoms with van der Waals surface area (Å²) in [5.41, 5.74) is 3.31. The smallest absolute Gasteiger partial charge is 0.153 e. The molecule has 218 valence electrons. The third-order valence-corrected chi connectivity index (χ3v) is 17.4. The number of rotatable bonds is 5. The Hall–Kier alpha value is -4.44. The maximum Gasteiger partial charge on any atom is 0.153 e. The Balaban J connectivity index is 1.32. The summed E-state index contributed by atoms with van der Waals surface area (Å²) in [7, 11) is -2.54. The lowest BCUT2D eigenvalue weighted by atomic mass is 9.94. The van der Waals surface area contributed by atoms with Crippen LogP contribution in [0.5, 0.6) is 0 Å². The quantitative estimate of drug-likeness (QED) is 0.135. The SMILES string of the molecule is c1ccc([Si](c2ccccc2)(c2cccc3c2sc2ccccc23)C2CCCC(n3c4ccccc4c4ccccc43)C2)cc1. The van der Waals surface area contributed by atoms with Crippen LogP contribution in [-0.2, 0) is 0 Å². The normalized spacial score (nSPS) is 17.4. The van der Waals surface area contributed by atoms with E-state index >= 15 is 0 Å². The van der Waals surface area contributed by atoms with Gasteiger partial charge in [-0.3, -0.25) is 0 Å². The molecule has 0 bridgehead atoms. The number of para-hydroxylation sites is 2. The highest BCUT2D eigenvalue weighted by Crippen LogP contribution is 2.46. The Morgan fingerprint density at radius 3 is 1.73 bits per heavy atom. The standard InChI is InChI=1S/C42H35NSSi/c1-3-16-31(17-4-1)45(32-18-5-2-6-19-32,41-28-14-24-37-36-23-9-12-27-40(36)44-42(37)41)33-20-13-15-30(29-33)43-38-25-10-7-21-34(38)35-22-8-11-26-39(35)43/h1-12,14,16-19,21-28,30,33H,13,15,20,29H2. The van der Waals surface area contributed by atoms with Crippen molar-refractivity contribution in [3.8, 4) is 0 Å². The molecule has 1 aliphatic rings. The topological polar surface area (TPSA) is 4.93 Å². The van der Waals surface area contributed by atoms with Gasteiger partial charge in [-0.1, -0.05) is 146 Å². The van der Waals surface area contributed by atoms with E-state index in [0.717, 1.165) is 0 Å². The summed E-state index contributed by atoms with van der Waals surface area (Å²) < 4.78 is 5.58. The lowest BCUT2D eigenvalue weighted by Gasteiger charge is -2.45. The average Bonchev–Trinajstić information content (AvgIpc) is 3.66. The lowest BCUT2D eigenvalue weighted by molar-refractivity contribution is 0.364.